The highest BCUT2D eigenvalue weighted by Crippen LogP contribution is 2.33. The summed E-state index contributed by atoms with van der Waals surface area (Å²) in [5, 5.41) is 0. The highest BCUT2D eigenvalue weighted by Gasteiger charge is 2.27. The van der Waals surface area contributed by atoms with Crippen molar-refractivity contribution in [3.8, 4) is 18.1 Å². The first kappa shape index (κ1) is 8.96. The Morgan fingerprint density at radius 1 is 1.50 bits per heavy atom. The van der Waals surface area contributed by atoms with E-state index in [-0.39, 0.29) is 6.04 Å². The molecule has 0 spiro atoms. The molecule has 0 aromatic heterocycles. The fraction of sp³-hybridized carbons (Fsp3) is 0.333. The van der Waals surface area contributed by atoms with Gasteiger partial charge in [0.25, 0.3) is 0 Å². The molecule has 1 aromatic rings. The Bertz CT molecular complexity index is 367. The van der Waals surface area contributed by atoms with Crippen LogP contribution in [-0.4, -0.2) is 19.7 Å². The van der Waals surface area contributed by atoms with Gasteiger partial charge in [-0.25, -0.2) is 0 Å². The van der Waals surface area contributed by atoms with Crippen LogP contribution in [0.2, 0.25) is 0 Å². The monoisotopic (exact) mass is 187 g/mol. The van der Waals surface area contributed by atoms with Crippen LogP contribution >= 0.6 is 0 Å². The number of hydrogen-bond donors (Lipinski definition) is 0. The summed E-state index contributed by atoms with van der Waals surface area (Å²) in [6.45, 7) is 1.02. The zero-order valence-corrected chi connectivity index (χ0v) is 8.23. The van der Waals surface area contributed by atoms with Gasteiger partial charge >= 0.3 is 0 Å². The van der Waals surface area contributed by atoms with E-state index in [1.165, 1.54) is 0 Å². The lowest BCUT2D eigenvalue weighted by Gasteiger charge is -2.40. The molecule has 0 bridgehead atoms. The molecule has 0 amide bonds. The third kappa shape index (κ3) is 1.31. The molecule has 0 aliphatic carbocycles. The van der Waals surface area contributed by atoms with Crippen LogP contribution in [0.25, 0.3) is 0 Å². The zero-order chi connectivity index (χ0) is 9.97. The second-order valence-electron chi connectivity index (χ2n) is 3.34. The number of nitrogens with zero attached hydrogens (tertiary/aromatic N) is 1. The smallest absolute Gasteiger partial charge is 0.142 e. The molecule has 1 saturated heterocycles. The summed E-state index contributed by atoms with van der Waals surface area (Å²) in [6.07, 6.45) is 6.50. The molecular formula is C12H13NO. The first-order valence-electron chi connectivity index (χ1n) is 4.72. The van der Waals surface area contributed by atoms with Crippen molar-refractivity contribution in [3.05, 3.63) is 24.3 Å². The van der Waals surface area contributed by atoms with Crippen LogP contribution in [0.15, 0.2) is 24.3 Å². The Labute approximate surface area is 84.5 Å². The normalized spacial score (nSPS) is 19.7. The van der Waals surface area contributed by atoms with E-state index in [9.17, 15) is 0 Å². The molecule has 0 radical (unpaired) electrons. The predicted molar refractivity (Wildman–Crippen MR) is 57.6 cm³/mol. The van der Waals surface area contributed by atoms with Crippen LogP contribution in [-0.2, 0) is 0 Å². The van der Waals surface area contributed by atoms with E-state index in [4.69, 9.17) is 11.2 Å². The van der Waals surface area contributed by atoms with Gasteiger partial charge in [0.1, 0.15) is 5.75 Å². The SMILES string of the molecule is C#CC1CCN1c1ccccc1OC. The maximum atomic E-state index is 5.42. The van der Waals surface area contributed by atoms with Gasteiger partial charge in [0.05, 0.1) is 18.8 Å². The first-order valence-corrected chi connectivity index (χ1v) is 4.72. The molecule has 1 atom stereocenters. The molecule has 1 heterocycles. The molecule has 0 saturated carbocycles. The summed E-state index contributed by atoms with van der Waals surface area (Å²) in [7, 11) is 1.68. The number of ether oxygens (including phenoxy) is 1. The third-order valence-electron chi connectivity index (χ3n) is 2.61. The van der Waals surface area contributed by atoms with Crippen molar-refractivity contribution in [2.75, 3.05) is 18.6 Å². The van der Waals surface area contributed by atoms with Crippen molar-refractivity contribution in [3.63, 3.8) is 0 Å². The van der Waals surface area contributed by atoms with Crippen molar-refractivity contribution < 1.29 is 4.74 Å². The fourth-order valence-corrected chi connectivity index (χ4v) is 1.72. The summed E-state index contributed by atoms with van der Waals surface area (Å²) in [5.41, 5.74) is 1.10. The molecule has 72 valence electrons. The van der Waals surface area contributed by atoms with Crippen LogP contribution in [0.3, 0.4) is 0 Å². The highest BCUT2D eigenvalue weighted by atomic mass is 16.5. The van der Waals surface area contributed by atoms with E-state index in [0.717, 1.165) is 24.4 Å². The van der Waals surface area contributed by atoms with Crippen molar-refractivity contribution in [1.82, 2.24) is 0 Å². The Hall–Kier alpha value is -1.62. The van der Waals surface area contributed by atoms with Gasteiger partial charge < -0.3 is 9.64 Å². The average Bonchev–Trinajstić information content (AvgIpc) is 2.18. The van der Waals surface area contributed by atoms with Crippen molar-refractivity contribution >= 4 is 5.69 Å². The maximum Gasteiger partial charge on any atom is 0.142 e. The average molecular weight is 187 g/mol. The van der Waals surface area contributed by atoms with E-state index < -0.39 is 0 Å². The first-order chi connectivity index (χ1) is 6.86. The molecule has 1 aliphatic heterocycles. The molecule has 2 rings (SSSR count). The number of methoxy groups -OCH3 is 1. The number of para-hydroxylation sites is 2. The molecule has 14 heavy (non-hydrogen) atoms. The quantitative estimate of drug-likeness (QED) is 0.656. The Kier molecular flexibility index (Phi) is 2.32. The number of rotatable bonds is 2. The van der Waals surface area contributed by atoms with Crippen molar-refractivity contribution in [2.45, 2.75) is 12.5 Å². The molecule has 1 fully saturated rings. The molecular weight excluding hydrogens is 174 g/mol. The van der Waals surface area contributed by atoms with E-state index >= 15 is 0 Å². The van der Waals surface area contributed by atoms with Gasteiger partial charge in [-0.1, -0.05) is 18.1 Å². The molecule has 1 unspecified atom stereocenters. The molecule has 1 aromatic carbocycles. The lowest BCUT2D eigenvalue weighted by molar-refractivity contribution is 0.409. The molecule has 2 nitrogen and oxygen atoms in total. The van der Waals surface area contributed by atoms with Crippen LogP contribution in [0.5, 0.6) is 5.75 Å². The minimum Gasteiger partial charge on any atom is -0.495 e. The zero-order valence-electron chi connectivity index (χ0n) is 8.23. The number of hydrogen-bond acceptors (Lipinski definition) is 2. The van der Waals surface area contributed by atoms with E-state index in [2.05, 4.69) is 10.8 Å². The summed E-state index contributed by atoms with van der Waals surface area (Å²) in [6, 6.07) is 8.21. The Balaban J connectivity index is 2.28. The van der Waals surface area contributed by atoms with Gasteiger partial charge in [-0.15, -0.1) is 6.42 Å². The second kappa shape index (κ2) is 3.63. The van der Waals surface area contributed by atoms with Gasteiger partial charge in [0.2, 0.25) is 0 Å². The minimum atomic E-state index is 0.242. The Morgan fingerprint density at radius 3 is 2.86 bits per heavy atom. The van der Waals surface area contributed by atoms with Gasteiger partial charge in [0, 0.05) is 6.54 Å². The molecule has 2 heteroatoms. The van der Waals surface area contributed by atoms with Crippen LogP contribution in [0.1, 0.15) is 6.42 Å². The Morgan fingerprint density at radius 2 is 2.29 bits per heavy atom. The van der Waals surface area contributed by atoms with E-state index in [0.29, 0.717) is 0 Å². The van der Waals surface area contributed by atoms with Gasteiger partial charge in [-0.05, 0) is 18.6 Å². The molecule has 1 aliphatic rings. The third-order valence-corrected chi connectivity index (χ3v) is 2.61. The van der Waals surface area contributed by atoms with E-state index in [1.807, 2.05) is 24.3 Å². The van der Waals surface area contributed by atoms with E-state index in [1.54, 1.807) is 7.11 Å². The summed E-state index contributed by atoms with van der Waals surface area (Å²) < 4.78 is 5.28. The number of anilines is 1. The number of terminal acetylenes is 1. The van der Waals surface area contributed by atoms with Gasteiger partial charge in [0.15, 0.2) is 0 Å². The second-order valence-corrected chi connectivity index (χ2v) is 3.34. The highest BCUT2D eigenvalue weighted by molar-refractivity contribution is 5.61. The topological polar surface area (TPSA) is 12.5 Å². The minimum absolute atomic E-state index is 0.242. The van der Waals surface area contributed by atoms with Crippen molar-refractivity contribution in [1.29, 1.82) is 0 Å². The lowest BCUT2D eigenvalue weighted by Crippen LogP contribution is -2.46. The molecule has 0 N–H and O–H groups in total. The predicted octanol–water partition coefficient (Wildman–Crippen LogP) is 1.91. The lowest BCUT2D eigenvalue weighted by atomic mass is 10.0. The van der Waals surface area contributed by atoms with Gasteiger partial charge in [-0.2, -0.15) is 0 Å². The van der Waals surface area contributed by atoms with Crippen molar-refractivity contribution in [2.24, 2.45) is 0 Å². The largest absolute Gasteiger partial charge is 0.495 e. The standard InChI is InChI=1S/C12H13NO/c1-3-10-8-9-13(10)11-6-4-5-7-12(11)14-2/h1,4-7,10H,8-9H2,2H3. The van der Waals surface area contributed by atoms with Crippen LogP contribution < -0.4 is 9.64 Å². The summed E-state index contributed by atoms with van der Waals surface area (Å²) in [4.78, 5) is 2.19. The fourth-order valence-electron chi connectivity index (χ4n) is 1.72. The summed E-state index contributed by atoms with van der Waals surface area (Å²) >= 11 is 0. The van der Waals surface area contributed by atoms with Crippen LogP contribution in [0, 0.1) is 12.3 Å². The summed E-state index contributed by atoms with van der Waals surface area (Å²) in [5.74, 6) is 3.67. The van der Waals surface area contributed by atoms with Gasteiger partial charge in [-0.3, -0.25) is 0 Å². The van der Waals surface area contributed by atoms with Crippen LogP contribution in [0.4, 0.5) is 5.69 Å². The number of benzene rings is 1. The maximum absolute atomic E-state index is 5.42.